The molecule has 0 aliphatic carbocycles. The van der Waals surface area contributed by atoms with Crippen LogP contribution in [0.15, 0.2) is 28.8 Å². The molecule has 2 heterocycles. The topological polar surface area (TPSA) is 74.4 Å². The van der Waals surface area contributed by atoms with Crippen LogP contribution in [0.3, 0.4) is 0 Å². The fraction of sp³-hybridized carbons (Fsp3) is 0.529. The lowest BCUT2D eigenvalue weighted by Crippen LogP contribution is -2.46. The van der Waals surface area contributed by atoms with Gasteiger partial charge in [0, 0.05) is 26.1 Å². The second-order valence-corrected chi connectivity index (χ2v) is 6.28. The molecule has 0 spiro atoms. The summed E-state index contributed by atoms with van der Waals surface area (Å²) in [5, 5.41) is 17.6. The molecule has 6 nitrogen and oxygen atoms in total. The molecule has 0 amide bonds. The Bertz CT molecular complexity index is 646. The van der Waals surface area contributed by atoms with Crippen LogP contribution < -0.4 is 5.32 Å². The zero-order valence-electron chi connectivity index (χ0n) is 13.8. The first kappa shape index (κ1) is 17.0. The first-order valence-electron chi connectivity index (χ1n) is 8.28. The number of hydrogen-bond donors (Lipinski definition) is 2. The van der Waals surface area contributed by atoms with Crippen LogP contribution in [0, 0.1) is 12.7 Å². The van der Waals surface area contributed by atoms with Crippen molar-refractivity contribution in [3.8, 4) is 0 Å². The standard InChI is InChI=1S/C17H23FN4O2/c1-12-20-17(21-24-12)11-22-8-2-3-15(10-22)19-9-16(23)13-4-6-14(18)7-5-13/h4-7,15-16,19,23H,2-3,8-11H2,1H3. The average molecular weight is 334 g/mol. The number of aryl methyl sites for hydroxylation is 1. The van der Waals surface area contributed by atoms with Crippen molar-refractivity contribution in [3.05, 3.63) is 47.4 Å². The molecule has 0 radical (unpaired) electrons. The van der Waals surface area contributed by atoms with Crippen molar-refractivity contribution < 1.29 is 14.0 Å². The molecule has 1 saturated heterocycles. The fourth-order valence-corrected chi connectivity index (χ4v) is 3.05. The fourth-order valence-electron chi connectivity index (χ4n) is 3.05. The molecule has 1 fully saturated rings. The predicted molar refractivity (Wildman–Crippen MR) is 86.7 cm³/mol. The Kier molecular flexibility index (Phi) is 5.55. The Hall–Kier alpha value is -1.83. The molecular weight excluding hydrogens is 311 g/mol. The highest BCUT2D eigenvalue weighted by molar-refractivity contribution is 5.18. The van der Waals surface area contributed by atoms with Gasteiger partial charge in [0.1, 0.15) is 5.82 Å². The first-order valence-corrected chi connectivity index (χ1v) is 8.28. The van der Waals surface area contributed by atoms with Crippen LogP contribution in [-0.4, -0.2) is 45.8 Å². The van der Waals surface area contributed by atoms with Gasteiger partial charge in [-0.25, -0.2) is 4.39 Å². The molecule has 0 bridgehead atoms. The smallest absolute Gasteiger partial charge is 0.223 e. The Morgan fingerprint density at radius 1 is 1.42 bits per heavy atom. The van der Waals surface area contributed by atoms with E-state index in [0.717, 1.165) is 31.5 Å². The summed E-state index contributed by atoms with van der Waals surface area (Å²) in [5.41, 5.74) is 0.721. The van der Waals surface area contributed by atoms with Gasteiger partial charge in [0.2, 0.25) is 5.89 Å². The summed E-state index contributed by atoms with van der Waals surface area (Å²) in [7, 11) is 0. The summed E-state index contributed by atoms with van der Waals surface area (Å²) in [4.78, 5) is 6.53. The van der Waals surface area contributed by atoms with Gasteiger partial charge in [0.15, 0.2) is 5.82 Å². The minimum atomic E-state index is -0.638. The van der Waals surface area contributed by atoms with E-state index in [1.165, 1.54) is 12.1 Å². The zero-order valence-corrected chi connectivity index (χ0v) is 13.8. The Labute approximate surface area is 140 Å². The van der Waals surface area contributed by atoms with Gasteiger partial charge in [-0.05, 0) is 37.1 Å². The number of aromatic nitrogens is 2. The molecule has 7 heteroatoms. The number of nitrogens with one attached hydrogen (secondary N) is 1. The maximum absolute atomic E-state index is 12.9. The normalized spacial score (nSPS) is 20.2. The molecule has 24 heavy (non-hydrogen) atoms. The van der Waals surface area contributed by atoms with Crippen LogP contribution in [0.1, 0.15) is 36.2 Å². The third-order valence-electron chi connectivity index (χ3n) is 4.29. The Morgan fingerprint density at radius 3 is 2.92 bits per heavy atom. The predicted octanol–water partition coefficient (Wildman–Crippen LogP) is 1.80. The SMILES string of the molecule is Cc1nc(CN2CCCC(NCC(O)c3ccc(F)cc3)C2)no1. The second kappa shape index (κ2) is 7.83. The van der Waals surface area contributed by atoms with Crippen molar-refractivity contribution in [2.75, 3.05) is 19.6 Å². The van der Waals surface area contributed by atoms with Crippen LogP contribution in [0.5, 0.6) is 0 Å². The number of aliphatic hydroxyl groups excluding tert-OH is 1. The summed E-state index contributed by atoms with van der Waals surface area (Å²) < 4.78 is 17.9. The van der Waals surface area contributed by atoms with Crippen molar-refractivity contribution in [3.63, 3.8) is 0 Å². The highest BCUT2D eigenvalue weighted by Crippen LogP contribution is 2.16. The van der Waals surface area contributed by atoms with E-state index in [-0.39, 0.29) is 5.82 Å². The van der Waals surface area contributed by atoms with Gasteiger partial charge in [-0.15, -0.1) is 0 Å². The molecule has 0 saturated carbocycles. The lowest BCUT2D eigenvalue weighted by Gasteiger charge is -2.33. The van der Waals surface area contributed by atoms with Gasteiger partial charge in [0.25, 0.3) is 0 Å². The Morgan fingerprint density at radius 2 is 2.21 bits per heavy atom. The monoisotopic (exact) mass is 334 g/mol. The van der Waals surface area contributed by atoms with Gasteiger partial charge in [-0.3, -0.25) is 4.90 Å². The number of aliphatic hydroxyl groups is 1. The number of likely N-dealkylation sites (tertiary alicyclic amines) is 1. The number of halogens is 1. The zero-order chi connectivity index (χ0) is 16.9. The molecule has 3 rings (SSSR count). The summed E-state index contributed by atoms with van der Waals surface area (Å²) in [6, 6.07) is 6.28. The molecule has 1 aliphatic heterocycles. The van der Waals surface area contributed by atoms with E-state index in [1.807, 2.05) is 0 Å². The van der Waals surface area contributed by atoms with Crippen molar-refractivity contribution in [2.24, 2.45) is 0 Å². The van der Waals surface area contributed by atoms with Crippen LogP contribution in [0.2, 0.25) is 0 Å². The summed E-state index contributed by atoms with van der Waals surface area (Å²) in [6.45, 7) is 4.80. The van der Waals surface area contributed by atoms with E-state index >= 15 is 0 Å². The van der Waals surface area contributed by atoms with Gasteiger partial charge in [0.05, 0.1) is 12.6 Å². The molecule has 2 atom stereocenters. The largest absolute Gasteiger partial charge is 0.387 e. The molecule has 2 N–H and O–H groups in total. The van der Waals surface area contributed by atoms with E-state index < -0.39 is 6.10 Å². The minimum Gasteiger partial charge on any atom is -0.387 e. The van der Waals surface area contributed by atoms with Crippen molar-refractivity contribution in [2.45, 2.75) is 38.5 Å². The number of hydrogen-bond acceptors (Lipinski definition) is 6. The van der Waals surface area contributed by atoms with Gasteiger partial charge in [-0.2, -0.15) is 4.98 Å². The maximum atomic E-state index is 12.9. The molecule has 1 aliphatic rings. The van der Waals surface area contributed by atoms with E-state index in [1.54, 1.807) is 19.1 Å². The van der Waals surface area contributed by atoms with Gasteiger partial charge < -0.3 is 14.9 Å². The van der Waals surface area contributed by atoms with Crippen LogP contribution in [-0.2, 0) is 6.54 Å². The molecule has 2 aromatic rings. The van der Waals surface area contributed by atoms with E-state index in [9.17, 15) is 9.50 Å². The number of benzene rings is 1. The van der Waals surface area contributed by atoms with Crippen molar-refractivity contribution in [1.29, 1.82) is 0 Å². The van der Waals surface area contributed by atoms with E-state index in [2.05, 4.69) is 20.4 Å². The van der Waals surface area contributed by atoms with Crippen LogP contribution in [0.25, 0.3) is 0 Å². The third kappa shape index (κ3) is 4.59. The summed E-state index contributed by atoms with van der Waals surface area (Å²) >= 11 is 0. The van der Waals surface area contributed by atoms with E-state index in [0.29, 0.717) is 30.8 Å². The number of nitrogens with zero attached hydrogens (tertiary/aromatic N) is 3. The van der Waals surface area contributed by atoms with Crippen molar-refractivity contribution >= 4 is 0 Å². The first-order chi connectivity index (χ1) is 11.6. The van der Waals surface area contributed by atoms with Crippen LogP contribution >= 0.6 is 0 Å². The molecular formula is C17H23FN4O2. The quantitative estimate of drug-likeness (QED) is 0.839. The third-order valence-corrected chi connectivity index (χ3v) is 4.29. The lowest BCUT2D eigenvalue weighted by molar-refractivity contribution is 0.142. The second-order valence-electron chi connectivity index (χ2n) is 6.28. The molecule has 2 unspecified atom stereocenters. The average Bonchev–Trinajstić information content (AvgIpc) is 2.98. The van der Waals surface area contributed by atoms with Gasteiger partial charge >= 0.3 is 0 Å². The minimum absolute atomic E-state index is 0.293. The Balaban J connectivity index is 1.47. The van der Waals surface area contributed by atoms with E-state index in [4.69, 9.17) is 4.52 Å². The highest BCUT2D eigenvalue weighted by atomic mass is 19.1. The maximum Gasteiger partial charge on any atom is 0.223 e. The number of rotatable bonds is 6. The van der Waals surface area contributed by atoms with Crippen LogP contribution in [0.4, 0.5) is 4.39 Å². The molecule has 1 aromatic heterocycles. The highest BCUT2D eigenvalue weighted by Gasteiger charge is 2.22. The van der Waals surface area contributed by atoms with Crippen molar-refractivity contribution in [1.82, 2.24) is 20.4 Å². The summed E-state index contributed by atoms with van der Waals surface area (Å²) in [6.07, 6.45) is 1.51. The lowest BCUT2D eigenvalue weighted by atomic mass is 10.0. The molecule has 1 aromatic carbocycles. The molecule has 130 valence electrons. The number of piperidine rings is 1. The van der Waals surface area contributed by atoms with Gasteiger partial charge in [-0.1, -0.05) is 17.3 Å². The summed E-state index contributed by atoms with van der Waals surface area (Å²) in [5.74, 6) is 0.997.